The summed E-state index contributed by atoms with van der Waals surface area (Å²) in [5.74, 6) is -1.60. The molecule has 0 aliphatic heterocycles. The van der Waals surface area contributed by atoms with Gasteiger partial charge >= 0.3 is 12.0 Å². The fraction of sp³-hybridized carbons (Fsp3) is 0.800. The lowest BCUT2D eigenvalue weighted by atomic mass is 9.99. The molecule has 112 valence electrons. The van der Waals surface area contributed by atoms with Crippen molar-refractivity contribution in [1.82, 2.24) is 15.4 Å². The number of nitrogens with one attached hydrogen (secondary N) is 3. The lowest BCUT2D eigenvalue weighted by molar-refractivity contribution is -0.140. The Balaban J connectivity index is 4.26. The molecule has 9 heteroatoms. The van der Waals surface area contributed by atoms with Gasteiger partial charge in [0.1, 0.15) is 6.04 Å². The molecule has 0 bridgehead atoms. The van der Waals surface area contributed by atoms with Gasteiger partial charge in [-0.2, -0.15) is 0 Å². The molecule has 0 aromatic heterocycles. The highest BCUT2D eigenvalue weighted by atomic mass is 32.2. The summed E-state index contributed by atoms with van der Waals surface area (Å²) in [7, 11) is -2.11. The molecule has 0 aromatic rings. The third-order valence-electron chi connectivity index (χ3n) is 2.73. The maximum atomic E-state index is 11.5. The Labute approximate surface area is 113 Å². The average Bonchev–Trinajstić information content (AvgIpc) is 2.34. The fourth-order valence-corrected chi connectivity index (χ4v) is 1.85. The summed E-state index contributed by atoms with van der Waals surface area (Å²) in [5.41, 5.74) is 0. The van der Waals surface area contributed by atoms with E-state index in [1.54, 1.807) is 6.92 Å². The first-order valence-electron chi connectivity index (χ1n) is 5.91. The van der Waals surface area contributed by atoms with Crippen LogP contribution in [0.25, 0.3) is 0 Å². The third kappa shape index (κ3) is 6.97. The Morgan fingerprint density at radius 2 is 1.89 bits per heavy atom. The second-order valence-corrected chi connectivity index (χ2v) is 6.17. The summed E-state index contributed by atoms with van der Waals surface area (Å²) < 4.78 is 24.3. The number of sulfonamides is 1. The van der Waals surface area contributed by atoms with Gasteiger partial charge in [0, 0.05) is 6.54 Å². The molecular formula is C10H21N3O5S. The summed E-state index contributed by atoms with van der Waals surface area (Å²) in [6, 6.07) is -1.69. The van der Waals surface area contributed by atoms with E-state index in [1.165, 1.54) is 7.05 Å². The first kappa shape index (κ1) is 17.6. The van der Waals surface area contributed by atoms with Crippen LogP contribution in [-0.4, -0.2) is 50.9 Å². The fourth-order valence-electron chi connectivity index (χ4n) is 1.28. The number of amides is 2. The molecule has 0 rings (SSSR count). The Morgan fingerprint density at radius 3 is 2.32 bits per heavy atom. The van der Waals surface area contributed by atoms with Gasteiger partial charge in [-0.3, -0.25) is 0 Å². The number of carboxylic acids is 1. The standard InChI is InChI=1S/C10H21N3O5S/c1-4-7(2)8(9(14)15)13-10(16)12-5-6-19(17,18)11-3/h7-8,11H,4-6H2,1-3H3,(H,14,15)(H2,12,13,16). The molecule has 0 fully saturated rings. The summed E-state index contributed by atoms with van der Waals surface area (Å²) >= 11 is 0. The van der Waals surface area contributed by atoms with E-state index in [4.69, 9.17) is 5.11 Å². The van der Waals surface area contributed by atoms with Crippen LogP contribution in [0.2, 0.25) is 0 Å². The lowest BCUT2D eigenvalue weighted by Gasteiger charge is -2.20. The van der Waals surface area contributed by atoms with Gasteiger partial charge in [0.25, 0.3) is 0 Å². The van der Waals surface area contributed by atoms with Crippen molar-refractivity contribution in [3.8, 4) is 0 Å². The molecule has 0 aliphatic carbocycles. The van der Waals surface area contributed by atoms with Crippen molar-refractivity contribution in [3.05, 3.63) is 0 Å². The normalized spacial score (nSPS) is 14.5. The second-order valence-electron chi connectivity index (χ2n) is 4.12. The number of carbonyl (C=O) groups is 2. The molecule has 0 saturated carbocycles. The van der Waals surface area contributed by atoms with E-state index in [1.807, 2.05) is 6.92 Å². The van der Waals surface area contributed by atoms with E-state index in [-0.39, 0.29) is 18.2 Å². The largest absolute Gasteiger partial charge is 0.480 e. The number of urea groups is 1. The zero-order chi connectivity index (χ0) is 15.1. The Bertz CT molecular complexity index is 409. The number of hydrogen-bond donors (Lipinski definition) is 4. The zero-order valence-electron chi connectivity index (χ0n) is 11.3. The molecule has 2 atom stereocenters. The van der Waals surface area contributed by atoms with Crippen LogP contribution in [0.4, 0.5) is 4.79 Å². The highest BCUT2D eigenvalue weighted by Gasteiger charge is 2.25. The smallest absolute Gasteiger partial charge is 0.326 e. The predicted molar refractivity (Wildman–Crippen MR) is 70.3 cm³/mol. The minimum absolute atomic E-state index is 0.0954. The maximum absolute atomic E-state index is 11.5. The Morgan fingerprint density at radius 1 is 1.32 bits per heavy atom. The predicted octanol–water partition coefficient (Wildman–Crippen LogP) is -0.666. The van der Waals surface area contributed by atoms with E-state index < -0.39 is 28.1 Å². The molecule has 19 heavy (non-hydrogen) atoms. The Kier molecular flexibility index (Phi) is 7.38. The van der Waals surface area contributed by atoms with E-state index in [9.17, 15) is 18.0 Å². The van der Waals surface area contributed by atoms with Crippen LogP contribution in [0.5, 0.6) is 0 Å². The van der Waals surface area contributed by atoms with Crippen LogP contribution in [-0.2, 0) is 14.8 Å². The molecule has 0 spiro atoms. The molecule has 0 radical (unpaired) electrons. The molecule has 2 unspecified atom stereocenters. The molecule has 0 aromatic carbocycles. The van der Waals surface area contributed by atoms with Crippen molar-refractivity contribution in [3.63, 3.8) is 0 Å². The van der Waals surface area contributed by atoms with Gasteiger partial charge in [-0.05, 0) is 13.0 Å². The van der Waals surface area contributed by atoms with E-state index in [2.05, 4.69) is 15.4 Å². The van der Waals surface area contributed by atoms with Gasteiger partial charge < -0.3 is 15.7 Å². The first-order chi connectivity index (χ1) is 8.73. The van der Waals surface area contributed by atoms with Crippen LogP contribution >= 0.6 is 0 Å². The first-order valence-corrected chi connectivity index (χ1v) is 7.57. The van der Waals surface area contributed by atoms with Crippen molar-refractivity contribution in [2.24, 2.45) is 5.92 Å². The molecule has 0 heterocycles. The molecular weight excluding hydrogens is 274 g/mol. The quantitative estimate of drug-likeness (QED) is 0.473. The van der Waals surface area contributed by atoms with Crippen molar-refractivity contribution >= 4 is 22.0 Å². The monoisotopic (exact) mass is 295 g/mol. The number of aliphatic carboxylic acids is 1. The van der Waals surface area contributed by atoms with Crippen LogP contribution < -0.4 is 15.4 Å². The minimum atomic E-state index is -3.39. The van der Waals surface area contributed by atoms with Crippen molar-refractivity contribution in [2.45, 2.75) is 26.3 Å². The zero-order valence-corrected chi connectivity index (χ0v) is 12.1. The summed E-state index contributed by atoms with van der Waals surface area (Å²) in [6.45, 7) is 3.44. The summed E-state index contributed by atoms with van der Waals surface area (Å²) in [5, 5.41) is 13.6. The molecule has 2 amide bonds. The van der Waals surface area contributed by atoms with E-state index in [0.29, 0.717) is 6.42 Å². The molecule has 0 saturated heterocycles. The van der Waals surface area contributed by atoms with Gasteiger partial charge in [-0.1, -0.05) is 20.3 Å². The topological polar surface area (TPSA) is 125 Å². The Hall–Kier alpha value is -1.35. The van der Waals surface area contributed by atoms with Crippen LogP contribution in [0.1, 0.15) is 20.3 Å². The van der Waals surface area contributed by atoms with Crippen molar-refractivity contribution in [1.29, 1.82) is 0 Å². The molecule has 4 N–H and O–H groups in total. The van der Waals surface area contributed by atoms with Crippen LogP contribution in [0.15, 0.2) is 0 Å². The third-order valence-corrected chi connectivity index (χ3v) is 4.10. The average molecular weight is 295 g/mol. The number of carboxylic acid groups (broad SMARTS) is 1. The summed E-state index contributed by atoms with van der Waals surface area (Å²) in [6.07, 6.45) is 0.603. The molecule has 0 aliphatic rings. The van der Waals surface area contributed by atoms with E-state index in [0.717, 1.165) is 0 Å². The minimum Gasteiger partial charge on any atom is -0.480 e. The number of carbonyl (C=O) groups excluding carboxylic acids is 1. The van der Waals surface area contributed by atoms with Gasteiger partial charge in [-0.15, -0.1) is 0 Å². The van der Waals surface area contributed by atoms with Gasteiger partial charge in [0.05, 0.1) is 5.75 Å². The van der Waals surface area contributed by atoms with Gasteiger partial charge in [0.2, 0.25) is 10.0 Å². The molecule has 8 nitrogen and oxygen atoms in total. The summed E-state index contributed by atoms with van der Waals surface area (Å²) in [4.78, 5) is 22.4. The van der Waals surface area contributed by atoms with Crippen molar-refractivity contribution < 1.29 is 23.1 Å². The van der Waals surface area contributed by atoms with Crippen molar-refractivity contribution in [2.75, 3.05) is 19.3 Å². The SMILES string of the molecule is CCC(C)C(NC(=O)NCCS(=O)(=O)NC)C(=O)O. The van der Waals surface area contributed by atoms with E-state index >= 15 is 0 Å². The lowest BCUT2D eigenvalue weighted by Crippen LogP contribution is -2.50. The van der Waals surface area contributed by atoms with Gasteiger partial charge in [0.15, 0.2) is 0 Å². The second kappa shape index (κ2) is 7.95. The number of rotatable bonds is 8. The maximum Gasteiger partial charge on any atom is 0.326 e. The highest BCUT2D eigenvalue weighted by Crippen LogP contribution is 2.07. The van der Waals surface area contributed by atoms with Crippen LogP contribution in [0, 0.1) is 5.92 Å². The highest BCUT2D eigenvalue weighted by molar-refractivity contribution is 7.89. The van der Waals surface area contributed by atoms with Gasteiger partial charge in [-0.25, -0.2) is 22.7 Å². The number of hydrogen-bond acceptors (Lipinski definition) is 4. The van der Waals surface area contributed by atoms with Crippen LogP contribution in [0.3, 0.4) is 0 Å².